The van der Waals surface area contributed by atoms with Crippen LogP contribution in [0.2, 0.25) is 0 Å². The minimum Gasteiger partial charge on any atom is -0.465 e. The van der Waals surface area contributed by atoms with Gasteiger partial charge in [0.1, 0.15) is 11.5 Å². The van der Waals surface area contributed by atoms with Crippen molar-refractivity contribution in [2.45, 2.75) is 19.4 Å². The van der Waals surface area contributed by atoms with E-state index in [0.29, 0.717) is 19.8 Å². The van der Waals surface area contributed by atoms with Crippen molar-refractivity contribution in [2.75, 3.05) is 39.4 Å². The topological polar surface area (TPSA) is 110 Å². The zero-order valence-electron chi connectivity index (χ0n) is 13.3. The number of nitrogens with two attached hydrogens (primary N) is 1. The Bertz CT molecular complexity index is 525. The van der Waals surface area contributed by atoms with E-state index >= 15 is 0 Å². The number of urea groups is 1. The first kappa shape index (κ1) is 17.3. The molecule has 0 radical (unpaired) electrons. The number of primary amides is 1. The number of nitrogens with one attached hydrogen (secondary N) is 2. The van der Waals surface area contributed by atoms with Gasteiger partial charge < -0.3 is 25.5 Å². The number of amides is 3. The van der Waals surface area contributed by atoms with E-state index in [4.69, 9.17) is 14.9 Å². The normalized spacial score (nSPS) is 16.7. The summed E-state index contributed by atoms with van der Waals surface area (Å²) in [5.41, 5.74) is 4.96. The molecule has 1 aromatic heterocycles. The molecule has 8 nitrogen and oxygen atoms in total. The number of morpholine rings is 1. The summed E-state index contributed by atoms with van der Waals surface area (Å²) in [7, 11) is 0. The van der Waals surface area contributed by atoms with Gasteiger partial charge in [0.25, 0.3) is 0 Å². The number of furan rings is 1. The Balaban J connectivity index is 1.89. The van der Waals surface area contributed by atoms with Crippen molar-refractivity contribution in [1.29, 1.82) is 0 Å². The first-order chi connectivity index (χ1) is 11.1. The summed E-state index contributed by atoms with van der Waals surface area (Å²) in [6.45, 7) is 5.51. The molecule has 0 spiro atoms. The summed E-state index contributed by atoms with van der Waals surface area (Å²) < 4.78 is 11.1. The monoisotopic (exact) mass is 324 g/mol. The Morgan fingerprint density at radius 3 is 2.65 bits per heavy atom. The van der Waals surface area contributed by atoms with Gasteiger partial charge in [-0.15, -0.1) is 0 Å². The number of ether oxygens (including phenoxy) is 1. The molecule has 1 saturated heterocycles. The van der Waals surface area contributed by atoms with Crippen molar-refractivity contribution in [3.05, 3.63) is 23.7 Å². The number of nitrogens with zero attached hydrogens (tertiary/aromatic N) is 1. The van der Waals surface area contributed by atoms with Gasteiger partial charge >= 0.3 is 6.03 Å². The molecule has 1 aromatic rings. The highest BCUT2D eigenvalue weighted by atomic mass is 16.5. The van der Waals surface area contributed by atoms with Crippen LogP contribution in [0.5, 0.6) is 0 Å². The molecule has 1 fully saturated rings. The molecule has 1 aliphatic heterocycles. The predicted molar refractivity (Wildman–Crippen MR) is 83.8 cm³/mol. The minimum absolute atomic E-state index is 0.0272. The van der Waals surface area contributed by atoms with Gasteiger partial charge in [0.2, 0.25) is 5.91 Å². The Kier molecular flexibility index (Phi) is 6.42. The SMILES string of the molecule is Cc1ccc([C@H](CNC(=O)CCNC(N)=O)N2CCOCC2)o1. The fourth-order valence-electron chi connectivity index (χ4n) is 2.53. The van der Waals surface area contributed by atoms with Crippen LogP contribution >= 0.6 is 0 Å². The van der Waals surface area contributed by atoms with E-state index in [1.165, 1.54) is 0 Å². The highest BCUT2D eigenvalue weighted by molar-refractivity contribution is 5.77. The highest BCUT2D eigenvalue weighted by Gasteiger charge is 2.25. The average molecular weight is 324 g/mol. The third-order valence-electron chi connectivity index (χ3n) is 3.72. The molecule has 0 aromatic carbocycles. The minimum atomic E-state index is -0.630. The molecule has 3 amide bonds. The number of rotatable bonds is 7. The van der Waals surface area contributed by atoms with Crippen molar-refractivity contribution < 1.29 is 18.7 Å². The summed E-state index contributed by atoms with van der Waals surface area (Å²) in [5, 5.41) is 5.28. The van der Waals surface area contributed by atoms with Crippen molar-refractivity contribution in [3.8, 4) is 0 Å². The van der Waals surface area contributed by atoms with Gasteiger partial charge in [-0.25, -0.2) is 4.79 Å². The Morgan fingerprint density at radius 1 is 1.30 bits per heavy atom. The molecule has 2 rings (SSSR count). The quantitative estimate of drug-likeness (QED) is 0.661. The average Bonchev–Trinajstić information content (AvgIpc) is 2.94. The number of aryl methyl sites for hydroxylation is 1. The van der Waals surface area contributed by atoms with Gasteiger partial charge in [0, 0.05) is 32.6 Å². The summed E-state index contributed by atoms with van der Waals surface area (Å²) in [6.07, 6.45) is 0.190. The molecule has 0 aliphatic carbocycles. The van der Waals surface area contributed by atoms with E-state index in [-0.39, 0.29) is 24.9 Å². The molecule has 128 valence electrons. The highest BCUT2D eigenvalue weighted by Crippen LogP contribution is 2.23. The molecule has 0 saturated carbocycles. The van der Waals surface area contributed by atoms with Crippen LogP contribution in [-0.2, 0) is 9.53 Å². The van der Waals surface area contributed by atoms with Crippen LogP contribution in [0.25, 0.3) is 0 Å². The summed E-state index contributed by atoms with van der Waals surface area (Å²) in [5.74, 6) is 1.54. The van der Waals surface area contributed by atoms with Crippen molar-refractivity contribution in [3.63, 3.8) is 0 Å². The van der Waals surface area contributed by atoms with Crippen LogP contribution in [0, 0.1) is 6.92 Å². The maximum absolute atomic E-state index is 11.9. The number of carbonyl (C=O) groups excluding carboxylic acids is 2. The van der Waals surface area contributed by atoms with E-state index in [0.717, 1.165) is 24.6 Å². The third kappa shape index (κ3) is 5.57. The van der Waals surface area contributed by atoms with Crippen LogP contribution in [0.15, 0.2) is 16.5 Å². The summed E-state index contributed by atoms with van der Waals surface area (Å²) in [6, 6.07) is 3.20. The van der Waals surface area contributed by atoms with Crippen LogP contribution < -0.4 is 16.4 Å². The second-order valence-corrected chi connectivity index (χ2v) is 5.46. The van der Waals surface area contributed by atoms with Gasteiger partial charge in [-0.3, -0.25) is 9.69 Å². The van der Waals surface area contributed by atoms with Gasteiger partial charge in [-0.1, -0.05) is 0 Å². The zero-order chi connectivity index (χ0) is 16.7. The fraction of sp³-hybridized carbons (Fsp3) is 0.600. The lowest BCUT2D eigenvalue weighted by Crippen LogP contribution is -2.44. The van der Waals surface area contributed by atoms with Gasteiger partial charge in [-0.2, -0.15) is 0 Å². The van der Waals surface area contributed by atoms with E-state index in [9.17, 15) is 9.59 Å². The lowest BCUT2D eigenvalue weighted by molar-refractivity contribution is -0.121. The number of hydrogen-bond donors (Lipinski definition) is 3. The van der Waals surface area contributed by atoms with Crippen LogP contribution in [-0.4, -0.2) is 56.2 Å². The first-order valence-corrected chi connectivity index (χ1v) is 7.74. The molecule has 2 heterocycles. The van der Waals surface area contributed by atoms with E-state index in [1.807, 2.05) is 19.1 Å². The molecule has 1 aliphatic rings. The molecule has 0 bridgehead atoms. The van der Waals surface area contributed by atoms with Crippen LogP contribution in [0.1, 0.15) is 24.0 Å². The standard InChI is InChI=1S/C15H24N4O4/c1-11-2-3-13(23-11)12(19-6-8-22-9-7-19)10-18-14(20)4-5-17-15(16)21/h2-3,12H,4-10H2,1H3,(H,18,20)(H3,16,17,21)/t12-/m0/s1. The maximum atomic E-state index is 11.9. The molecule has 4 N–H and O–H groups in total. The van der Waals surface area contributed by atoms with Crippen LogP contribution in [0.4, 0.5) is 4.79 Å². The lowest BCUT2D eigenvalue weighted by Gasteiger charge is -2.33. The number of hydrogen-bond acceptors (Lipinski definition) is 5. The van der Waals surface area contributed by atoms with Crippen LogP contribution in [0.3, 0.4) is 0 Å². The second-order valence-electron chi connectivity index (χ2n) is 5.46. The zero-order valence-corrected chi connectivity index (χ0v) is 13.3. The molecule has 1 atom stereocenters. The molecule has 23 heavy (non-hydrogen) atoms. The Morgan fingerprint density at radius 2 is 2.04 bits per heavy atom. The summed E-state index contributed by atoms with van der Waals surface area (Å²) in [4.78, 5) is 24.7. The summed E-state index contributed by atoms with van der Waals surface area (Å²) >= 11 is 0. The molecular formula is C15H24N4O4. The smallest absolute Gasteiger partial charge is 0.312 e. The van der Waals surface area contributed by atoms with Gasteiger partial charge in [-0.05, 0) is 19.1 Å². The van der Waals surface area contributed by atoms with E-state index in [1.54, 1.807) is 0 Å². The Labute approximate surface area is 135 Å². The molecule has 0 unspecified atom stereocenters. The largest absolute Gasteiger partial charge is 0.465 e. The van der Waals surface area contributed by atoms with Crippen molar-refractivity contribution in [1.82, 2.24) is 15.5 Å². The third-order valence-corrected chi connectivity index (χ3v) is 3.72. The Hall–Kier alpha value is -2.06. The molecular weight excluding hydrogens is 300 g/mol. The van der Waals surface area contributed by atoms with E-state index in [2.05, 4.69) is 15.5 Å². The fourth-order valence-corrected chi connectivity index (χ4v) is 2.53. The van der Waals surface area contributed by atoms with Gasteiger partial charge in [0.05, 0.1) is 19.3 Å². The van der Waals surface area contributed by atoms with Crippen molar-refractivity contribution >= 4 is 11.9 Å². The lowest BCUT2D eigenvalue weighted by atomic mass is 10.1. The molecule has 8 heteroatoms. The number of carbonyl (C=O) groups is 2. The van der Waals surface area contributed by atoms with Crippen molar-refractivity contribution in [2.24, 2.45) is 5.73 Å². The second kappa shape index (κ2) is 8.54. The maximum Gasteiger partial charge on any atom is 0.312 e. The predicted octanol–water partition coefficient (Wildman–Crippen LogP) is 0.136. The van der Waals surface area contributed by atoms with Gasteiger partial charge in [0.15, 0.2) is 0 Å². The van der Waals surface area contributed by atoms with E-state index < -0.39 is 6.03 Å². The first-order valence-electron chi connectivity index (χ1n) is 7.74.